The second-order valence-electron chi connectivity index (χ2n) is 7.64. The zero-order chi connectivity index (χ0) is 24.5. The van der Waals surface area contributed by atoms with Crippen molar-refractivity contribution in [1.82, 2.24) is 4.57 Å². The van der Waals surface area contributed by atoms with Crippen molar-refractivity contribution >= 4 is 54.0 Å². The first kappa shape index (κ1) is 24.0. The minimum absolute atomic E-state index is 0.0718. The van der Waals surface area contributed by atoms with E-state index >= 15 is 0 Å². The summed E-state index contributed by atoms with van der Waals surface area (Å²) >= 11 is 5.89. The molecular weight excluding hydrogens is 498 g/mol. The lowest BCUT2D eigenvalue weighted by molar-refractivity contribution is -0.116. The van der Waals surface area contributed by atoms with Gasteiger partial charge in [-0.25, -0.2) is 22.0 Å². The van der Waals surface area contributed by atoms with Crippen LogP contribution in [-0.4, -0.2) is 27.3 Å². The molecule has 0 bridgehead atoms. The molecule has 3 N–H and O–H groups in total. The molecule has 1 aromatic heterocycles. The summed E-state index contributed by atoms with van der Waals surface area (Å²) < 4.78 is 50.7. The van der Waals surface area contributed by atoms with Gasteiger partial charge >= 0.3 is 0 Å². The van der Waals surface area contributed by atoms with Crippen LogP contribution in [0.5, 0.6) is 0 Å². The second kappa shape index (κ2) is 9.22. The van der Waals surface area contributed by atoms with E-state index in [0.717, 1.165) is 0 Å². The van der Waals surface area contributed by atoms with Gasteiger partial charge in [0.2, 0.25) is 15.9 Å². The summed E-state index contributed by atoms with van der Waals surface area (Å²) in [7, 11) is -7.55. The van der Waals surface area contributed by atoms with Gasteiger partial charge in [0.25, 0.3) is 0 Å². The van der Waals surface area contributed by atoms with E-state index in [1.165, 1.54) is 30.5 Å². The summed E-state index contributed by atoms with van der Waals surface area (Å²) in [5.74, 6) is -0.619. The first-order valence-electron chi connectivity index (χ1n) is 10.0. The van der Waals surface area contributed by atoms with Gasteiger partial charge in [-0.3, -0.25) is 4.79 Å². The predicted molar refractivity (Wildman–Crippen MR) is 131 cm³/mol. The summed E-state index contributed by atoms with van der Waals surface area (Å²) in [6.45, 7) is -0.145. The Morgan fingerprint density at radius 1 is 0.912 bits per heavy atom. The number of nitrogens with one attached hydrogen (secondary N) is 1. The van der Waals surface area contributed by atoms with Gasteiger partial charge in [0, 0.05) is 27.8 Å². The molecule has 0 saturated heterocycles. The zero-order valence-electron chi connectivity index (χ0n) is 17.7. The summed E-state index contributed by atoms with van der Waals surface area (Å²) in [4.78, 5) is 12.7. The number of primary sulfonamides is 1. The molecule has 0 radical (unpaired) electrons. The summed E-state index contributed by atoms with van der Waals surface area (Å²) in [6.07, 6.45) is 1.46. The highest BCUT2D eigenvalue weighted by molar-refractivity contribution is 7.91. The molecule has 8 nitrogen and oxygen atoms in total. The van der Waals surface area contributed by atoms with Crippen molar-refractivity contribution in [2.45, 2.75) is 22.1 Å². The van der Waals surface area contributed by atoms with E-state index < -0.39 is 25.8 Å². The molecular formula is C23H20ClN3O5S2. The second-order valence-corrected chi connectivity index (χ2v) is 11.6. The third-order valence-electron chi connectivity index (χ3n) is 5.14. The van der Waals surface area contributed by atoms with Gasteiger partial charge in [-0.05, 0) is 48.0 Å². The van der Waals surface area contributed by atoms with Crippen LogP contribution in [0.4, 0.5) is 5.69 Å². The first-order valence-corrected chi connectivity index (χ1v) is 13.6. The number of carbonyl (C=O) groups excluding carboxylic acids is 1. The SMILES string of the molecule is NS(=O)(=O)c1ccc(NC(=O)Cn2cc(S(=O)(=O)Cc3ccc(Cl)cc3)c3ccccc32)cc1. The maximum atomic E-state index is 13.2. The Hall–Kier alpha value is -3.18. The van der Waals surface area contributed by atoms with E-state index in [1.54, 1.807) is 53.1 Å². The molecule has 1 amide bonds. The van der Waals surface area contributed by atoms with E-state index in [1.807, 2.05) is 0 Å². The van der Waals surface area contributed by atoms with Crippen LogP contribution in [0.1, 0.15) is 5.56 Å². The van der Waals surface area contributed by atoms with Crippen molar-refractivity contribution in [3.8, 4) is 0 Å². The lowest BCUT2D eigenvalue weighted by Gasteiger charge is -2.08. The number of aromatic nitrogens is 1. The lowest BCUT2D eigenvalue weighted by Crippen LogP contribution is -2.18. The third-order valence-corrected chi connectivity index (χ3v) is 8.03. The van der Waals surface area contributed by atoms with Crippen molar-refractivity contribution < 1.29 is 21.6 Å². The van der Waals surface area contributed by atoms with Crippen molar-refractivity contribution in [3.63, 3.8) is 0 Å². The van der Waals surface area contributed by atoms with Crippen LogP contribution in [0.2, 0.25) is 5.02 Å². The van der Waals surface area contributed by atoms with Gasteiger partial charge < -0.3 is 9.88 Å². The number of para-hydroxylation sites is 1. The molecule has 0 unspecified atom stereocenters. The number of fused-ring (bicyclic) bond motifs is 1. The highest BCUT2D eigenvalue weighted by Crippen LogP contribution is 2.28. The minimum Gasteiger partial charge on any atom is -0.337 e. The largest absolute Gasteiger partial charge is 0.337 e. The molecule has 34 heavy (non-hydrogen) atoms. The molecule has 0 atom stereocenters. The monoisotopic (exact) mass is 517 g/mol. The quantitative estimate of drug-likeness (QED) is 0.387. The number of anilines is 1. The molecule has 3 aromatic carbocycles. The number of halogens is 1. The average Bonchev–Trinajstić information content (AvgIpc) is 3.14. The predicted octanol–water partition coefficient (Wildman–Crippen LogP) is 3.55. The van der Waals surface area contributed by atoms with Crippen molar-refractivity contribution in [2.24, 2.45) is 5.14 Å². The van der Waals surface area contributed by atoms with Gasteiger partial charge in [0.15, 0.2) is 9.84 Å². The molecule has 0 aliphatic carbocycles. The topological polar surface area (TPSA) is 128 Å². The van der Waals surface area contributed by atoms with Crippen LogP contribution < -0.4 is 10.5 Å². The Labute approximate surface area is 201 Å². The maximum Gasteiger partial charge on any atom is 0.244 e. The Balaban J connectivity index is 1.59. The third kappa shape index (κ3) is 5.31. The van der Waals surface area contributed by atoms with E-state index in [4.69, 9.17) is 16.7 Å². The van der Waals surface area contributed by atoms with Crippen LogP contribution in [0.25, 0.3) is 10.9 Å². The number of rotatable bonds is 7. The summed E-state index contributed by atoms with van der Waals surface area (Å²) in [5.41, 5.74) is 1.57. The maximum absolute atomic E-state index is 13.2. The molecule has 0 aliphatic rings. The highest BCUT2D eigenvalue weighted by atomic mass is 35.5. The highest BCUT2D eigenvalue weighted by Gasteiger charge is 2.22. The van der Waals surface area contributed by atoms with Gasteiger partial charge in [-0.1, -0.05) is 41.9 Å². The lowest BCUT2D eigenvalue weighted by atomic mass is 10.2. The number of sulfonamides is 1. The number of nitrogens with two attached hydrogens (primary N) is 1. The average molecular weight is 518 g/mol. The molecule has 0 saturated carbocycles. The number of nitrogens with zero attached hydrogens (tertiary/aromatic N) is 1. The van der Waals surface area contributed by atoms with E-state index in [2.05, 4.69) is 5.32 Å². The number of benzene rings is 3. The van der Waals surface area contributed by atoms with Crippen molar-refractivity contribution in [2.75, 3.05) is 5.32 Å². The molecule has 11 heteroatoms. The molecule has 176 valence electrons. The zero-order valence-corrected chi connectivity index (χ0v) is 20.1. The van der Waals surface area contributed by atoms with E-state index in [0.29, 0.717) is 27.2 Å². The van der Waals surface area contributed by atoms with Gasteiger partial charge in [-0.15, -0.1) is 0 Å². The minimum atomic E-state index is -3.84. The number of sulfone groups is 1. The van der Waals surface area contributed by atoms with Crippen LogP contribution >= 0.6 is 11.6 Å². The van der Waals surface area contributed by atoms with Gasteiger partial charge in [0.1, 0.15) is 6.54 Å². The Bertz CT molecular complexity index is 1580. The van der Waals surface area contributed by atoms with Crippen LogP contribution in [0.3, 0.4) is 0 Å². The number of hydrogen-bond acceptors (Lipinski definition) is 5. The van der Waals surface area contributed by atoms with Crippen LogP contribution in [0, 0.1) is 0 Å². The fourth-order valence-corrected chi connectivity index (χ4v) is 5.78. The molecule has 1 heterocycles. The van der Waals surface area contributed by atoms with Gasteiger partial charge in [-0.2, -0.15) is 0 Å². The van der Waals surface area contributed by atoms with Crippen molar-refractivity contribution in [3.05, 3.63) is 89.6 Å². The van der Waals surface area contributed by atoms with Crippen molar-refractivity contribution in [1.29, 1.82) is 0 Å². The van der Waals surface area contributed by atoms with Crippen LogP contribution in [0.15, 0.2) is 88.8 Å². The summed E-state index contributed by atoms with van der Waals surface area (Å²) in [6, 6.07) is 19.0. The Morgan fingerprint density at radius 3 is 2.21 bits per heavy atom. The molecule has 0 fully saturated rings. The first-order chi connectivity index (χ1) is 16.0. The van der Waals surface area contributed by atoms with E-state index in [-0.39, 0.29) is 22.1 Å². The van der Waals surface area contributed by atoms with E-state index in [9.17, 15) is 21.6 Å². The smallest absolute Gasteiger partial charge is 0.244 e. The Morgan fingerprint density at radius 2 is 1.56 bits per heavy atom. The van der Waals surface area contributed by atoms with Crippen LogP contribution in [-0.2, 0) is 37.0 Å². The molecule has 0 spiro atoms. The fourth-order valence-electron chi connectivity index (χ4n) is 3.55. The van der Waals surface area contributed by atoms with Gasteiger partial charge in [0.05, 0.1) is 15.5 Å². The Kier molecular flexibility index (Phi) is 6.50. The standard InChI is InChI=1S/C23H20ClN3O5S2/c24-17-7-5-16(6-8-17)15-33(29,30)22-13-27(21-4-2-1-3-20(21)22)14-23(28)26-18-9-11-19(12-10-18)34(25,31)32/h1-13H,14-15H2,(H,26,28)(H2,25,31,32). The molecule has 4 aromatic rings. The summed E-state index contributed by atoms with van der Waals surface area (Å²) in [5, 5.41) is 8.78. The molecule has 4 rings (SSSR count). The number of amides is 1. The normalized spacial score (nSPS) is 12.1. The number of hydrogen-bond donors (Lipinski definition) is 2. The molecule has 0 aliphatic heterocycles. The fraction of sp³-hybridized carbons (Fsp3) is 0.0870. The number of carbonyl (C=O) groups is 1.